The number of Topliss-reactive ketones (excluding diaryl/α,β-unsaturated/α-hetero) is 1. The normalized spacial score (nSPS) is 21.1. The lowest BCUT2D eigenvalue weighted by Gasteiger charge is -2.17. The van der Waals surface area contributed by atoms with Gasteiger partial charge in [-0.05, 0) is 54.3 Å². The molecule has 1 aliphatic carbocycles. The molecule has 2 amide bonds. The van der Waals surface area contributed by atoms with Crippen molar-refractivity contribution in [2.45, 2.75) is 31.9 Å². The molecule has 3 heterocycles. The van der Waals surface area contributed by atoms with Crippen LogP contribution < -0.4 is 9.64 Å². The Bertz CT molecular complexity index is 1080. The fourth-order valence-electron chi connectivity index (χ4n) is 4.15. The number of anilines is 1. The molecule has 2 aliphatic heterocycles. The van der Waals surface area contributed by atoms with Gasteiger partial charge in [-0.1, -0.05) is 0 Å². The van der Waals surface area contributed by atoms with Crippen molar-refractivity contribution in [3.8, 4) is 5.75 Å². The van der Waals surface area contributed by atoms with Gasteiger partial charge < -0.3 is 14.2 Å². The molecular weight excluding hydrogens is 430 g/mol. The topological polar surface area (TPSA) is 103 Å². The average Bonchev–Trinajstić information content (AvgIpc) is 3.51. The van der Waals surface area contributed by atoms with Crippen LogP contribution in [0.1, 0.15) is 45.7 Å². The van der Waals surface area contributed by atoms with E-state index in [-0.39, 0.29) is 29.4 Å². The van der Waals surface area contributed by atoms with Crippen LogP contribution in [-0.2, 0) is 22.5 Å². The van der Waals surface area contributed by atoms with Gasteiger partial charge in [-0.25, -0.2) is 0 Å². The first-order chi connectivity index (χ1) is 15.4. The summed E-state index contributed by atoms with van der Waals surface area (Å²) in [6.07, 6.45) is 4.94. The number of amides is 2. The van der Waals surface area contributed by atoms with E-state index >= 15 is 0 Å². The maximum Gasteiger partial charge on any atom is 0.268 e. The molecular formula is C23H23N3O5S. The number of rotatable bonds is 7. The molecule has 1 saturated heterocycles. The van der Waals surface area contributed by atoms with Gasteiger partial charge >= 0.3 is 0 Å². The Hall–Kier alpha value is -2.91. The number of ether oxygens (including phenoxy) is 1. The van der Waals surface area contributed by atoms with Crippen LogP contribution in [0.4, 0.5) is 5.69 Å². The van der Waals surface area contributed by atoms with Gasteiger partial charge in [-0.3, -0.25) is 24.3 Å². The van der Waals surface area contributed by atoms with Gasteiger partial charge in [0.05, 0.1) is 35.9 Å². The zero-order valence-corrected chi connectivity index (χ0v) is 18.5. The number of carbonyl (C=O) groups excluding carboxylic acids is 3. The Morgan fingerprint density at radius 1 is 1.22 bits per heavy atom. The van der Waals surface area contributed by atoms with Crippen LogP contribution in [0.5, 0.6) is 5.75 Å². The van der Waals surface area contributed by atoms with Gasteiger partial charge in [0.2, 0.25) is 0 Å². The van der Waals surface area contributed by atoms with E-state index in [1.54, 1.807) is 47.7 Å². The van der Waals surface area contributed by atoms with Crippen molar-refractivity contribution in [3.05, 3.63) is 53.3 Å². The van der Waals surface area contributed by atoms with E-state index in [9.17, 15) is 18.9 Å². The van der Waals surface area contributed by atoms with E-state index < -0.39 is 17.3 Å². The average molecular weight is 454 g/mol. The minimum Gasteiger partial charge on any atom is -0.615 e. The molecule has 0 N–H and O–H groups in total. The molecule has 8 nitrogen and oxygen atoms in total. The molecule has 0 bridgehead atoms. The first kappa shape index (κ1) is 21.0. The second-order valence-electron chi connectivity index (χ2n) is 8.44. The van der Waals surface area contributed by atoms with Gasteiger partial charge in [0.25, 0.3) is 11.8 Å². The molecule has 1 aromatic carbocycles. The largest absolute Gasteiger partial charge is 0.615 e. The molecule has 1 aromatic heterocycles. The zero-order valence-electron chi connectivity index (χ0n) is 17.7. The summed E-state index contributed by atoms with van der Waals surface area (Å²) in [5.41, 5.74) is 2.30. The number of hydrogen-bond donors (Lipinski definition) is 0. The van der Waals surface area contributed by atoms with Crippen molar-refractivity contribution in [3.63, 3.8) is 0 Å². The van der Waals surface area contributed by atoms with Crippen molar-refractivity contribution in [1.29, 1.82) is 0 Å². The third-order valence-electron chi connectivity index (χ3n) is 5.99. The number of aromatic nitrogens is 1. The van der Waals surface area contributed by atoms with Crippen LogP contribution in [0.15, 0.2) is 36.5 Å². The Morgan fingerprint density at radius 3 is 2.66 bits per heavy atom. The molecule has 5 rings (SSSR count). The molecule has 2 aromatic rings. The highest BCUT2D eigenvalue weighted by Crippen LogP contribution is 2.33. The number of fused-ring (bicyclic) bond motifs is 1. The zero-order chi connectivity index (χ0) is 22.4. The number of benzene rings is 1. The van der Waals surface area contributed by atoms with Crippen molar-refractivity contribution in [1.82, 2.24) is 9.88 Å². The first-order valence-electron chi connectivity index (χ1n) is 10.6. The van der Waals surface area contributed by atoms with Gasteiger partial charge in [0, 0.05) is 24.4 Å². The molecule has 3 aliphatic rings. The molecule has 2 atom stereocenters. The number of carbonyl (C=O) groups is 3. The minimum absolute atomic E-state index is 0.161. The Labute approximate surface area is 188 Å². The van der Waals surface area contributed by atoms with E-state index in [0.717, 1.165) is 12.8 Å². The van der Waals surface area contributed by atoms with Crippen molar-refractivity contribution in [2.24, 2.45) is 5.92 Å². The third-order valence-corrected chi connectivity index (χ3v) is 6.66. The van der Waals surface area contributed by atoms with Crippen LogP contribution in [-0.4, -0.2) is 56.8 Å². The monoisotopic (exact) mass is 453 g/mol. The summed E-state index contributed by atoms with van der Waals surface area (Å²) in [6.45, 7) is 0.784. The molecule has 1 saturated carbocycles. The van der Waals surface area contributed by atoms with Crippen LogP contribution in [0.3, 0.4) is 0 Å². The van der Waals surface area contributed by atoms with Crippen molar-refractivity contribution in [2.75, 3.05) is 23.6 Å². The summed E-state index contributed by atoms with van der Waals surface area (Å²) >= 11 is -1.13. The Kier molecular flexibility index (Phi) is 5.38. The minimum atomic E-state index is -1.13. The van der Waals surface area contributed by atoms with Gasteiger partial charge in [0.1, 0.15) is 5.75 Å². The predicted molar refractivity (Wildman–Crippen MR) is 118 cm³/mol. The lowest BCUT2D eigenvalue weighted by atomic mass is 10.1. The van der Waals surface area contributed by atoms with Crippen LogP contribution in [0.2, 0.25) is 0 Å². The van der Waals surface area contributed by atoms with Crippen molar-refractivity contribution < 1.29 is 23.7 Å². The molecule has 0 spiro atoms. The number of pyridine rings is 1. The number of ketones is 1. The Balaban J connectivity index is 1.26. The van der Waals surface area contributed by atoms with Crippen LogP contribution in [0.25, 0.3) is 0 Å². The fourth-order valence-corrected chi connectivity index (χ4v) is 4.80. The highest BCUT2D eigenvalue weighted by Gasteiger charge is 2.37. The lowest BCUT2D eigenvalue weighted by molar-refractivity contribution is -0.122. The molecule has 1 unspecified atom stereocenters. The third kappa shape index (κ3) is 3.98. The molecule has 2 fully saturated rings. The summed E-state index contributed by atoms with van der Waals surface area (Å²) in [7, 11) is 0. The van der Waals surface area contributed by atoms with Gasteiger partial charge in [-0.2, -0.15) is 0 Å². The first-order valence-corrected chi connectivity index (χ1v) is 12.3. The summed E-state index contributed by atoms with van der Waals surface area (Å²) in [5, 5.41) is 0. The van der Waals surface area contributed by atoms with E-state index in [1.165, 1.54) is 4.90 Å². The van der Waals surface area contributed by atoms with Crippen LogP contribution in [0, 0.1) is 5.92 Å². The van der Waals surface area contributed by atoms with E-state index in [2.05, 4.69) is 4.98 Å². The van der Waals surface area contributed by atoms with Crippen molar-refractivity contribution >= 4 is 34.5 Å². The number of hydrogen-bond acceptors (Lipinski definition) is 6. The molecule has 9 heteroatoms. The second-order valence-corrected chi connectivity index (χ2v) is 9.85. The summed E-state index contributed by atoms with van der Waals surface area (Å²) < 4.78 is 17.4. The molecule has 32 heavy (non-hydrogen) atoms. The van der Waals surface area contributed by atoms with Crippen LogP contribution >= 0.6 is 0 Å². The second kappa shape index (κ2) is 8.22. The van der Waals surface area contributed by atoms with E-state index in [4.69, 9.17) is 4.74 Å². The lowest BCUT2D eigenvalue weighted by Crippen LogP contribution is -2.32. The maximum absolute atomic E-state index is 13.0. The smallest absolute Gasteiger partial charge is 0.268 e. The number of nitrogens with zero attached hydrogens (tertiary/aromatic N) is 3. The predicted octanol–water partition coefficient (Wildman–Crippen LogP) is 2.15. The van der Waals surface area contributed by atoms with Gasteiger partial charge in [0.15, 0.2) is 17.8 Å². The molecule has 166 valence electrons. The summed E-state index contributed by atoms with van der Waals surface area (Å²) in [6, 6.07) is 8.64. The fraction of sp³-hybridized carbons (Fsp3) is 0.391. The quantitative estimate of drug-likeness (QED) is 0.470. The standard InChI is InChI=1S/C23H23N3O5S/c1-32(30)13-25-12-19-18(22(25)28)10-16(11-24-19)26-9-8-20(23(26)29)31-17-6-4-15(5-7-17)21(27)14-2-3-14/h4-7,10-11,14,20H,2-3,8-9,12-13H2,1H3/t20-,32?/m1/s1. The Morgan fingerprint density at radius 2 is 1.97 bits per heavy atom. The van der Waals surface area contributed by atoms with Gasteiger partial charge in [-0.15, -0.1) is 0 Å². The highest BCUT2D eigenvalue weighted by atomic mass is 32.2. The van der Waals surface area contributed by atoms with E-state index in [0.29, 0.717) is 47.8 Å². The summed E-state index contributed by atoms with van der Waals surface area (Å²) in [5.74, 6) is 0.626. The maximum atomic E-state index is 13.0. The van der Waals surface area contributed by atoms with E-state index in [1.807, 2.05) is 0 Å². The molecule has 0 radical (unpaired) electrons. The summed E-state index contributed by atoms with van der Waals surface area (Å²) in [4.78, 5) is 45.2. The SMILES string of the molecule is C[S+]([O-])CN1Cc2ncc(N3CC[C@@H](Oc4ccc(C(=O)C5CC5)cc4)C3=O)cc2C1=O. The highest BCUT2D eigenvalue weighted by molar-refractivity contribution is 7.90.